The molecule has 0 amide bonds. The van der Waals surface area contributed by atoms with Crippen molar-refractivity contribution in [2.24, 2.45) is 0 Å². The average molecular weight is 324 g/mol. The number of carboxylic acids is 2. The molecule has 4 N–H and O–H groups in total. The number of rotatable bonds is 10. The second kappa shape index (κ2) is 22.1. The molecule has 0 bridgehead atoms. The number of aliphatic hydroxyl groups excluding tert-OH is 2. The molecule has 0 aliphatic carbocycles. The molecule has 7 nitrogen and oxygen atoms in total. The standard InChI is InChI=1S/C7H16O3.2C4H8O2/c1-2-3-4-10-6-7(9)5-8;2*1-2-3-4(5)6/h7-9H,2-6H2,1H3;2*2-3H2,1H3,(H,5,6). The highest BCUT2D eigenvalue weighted by molar-refractivity contribution is 5.66. The number of aliphatic carboxylic acids is 2. The first kappa shape index (κ1) is 25.8. The number of hydrogen-bond donors (Lipinski definition) is 4. The highest BCUT2D eigenvalue weighted by Gasteiger charge is 1.99. The SMILES string of the molecule is CCCC(=O)O.CCCC(=O)O.CCCCOCC(O)CO. The van der Waals surface area contributed by atoms with E-state index in [1.165, 1.54) is 0 Å². The number of carbonyl (C=O) groups is 2. The number of hydrogen-bond acceptors (Lipinski definition) is 5. The first-order valence-corrected chi connectivity index (χ1v) is 7.65. The summed E-state index contributed by atoms with van der Waals surface area (Å²) in [6.07, 6.45) is 3.44. The normalized spacial score (nSPS) is 10.6. The molecule has 7 heteroatoms. The largest absolute Gasteiger partial charge is 0.481 e. The highest BCUT2D eigenvalue weighted by atomic mass is 16.5. The van der Waals surface area contributed by atoms with Gasteiger partial charge in [-0.3, -0.25) is 9.59 Å². The van der Waals surface area contributed by atoms with Crippen LogP contribution in [0, 0.1) is 0 Å². The predicted octanol–water partition coefficient (Wildman–Crippen LogP) is 1.90. The minimum atomic E-state index is -0.711. The fraction of sp³-hybridized carbons (Fsp3) is 0.867. The van der Waals surface area contributed by atoms with Crippen molar-refractivity contribution in [3.8, 4) is 0 Å². The summed E-state index contributed by atoms with van der Waals surface area (Å²) in [4.78, 5) is 19.2. The van der Waals surface area contributed by atoms with Crippen molar-refractivity contribution in [3.05, 3.63) is 0 Å². The third-order valence-corrected chi connectivity index (χ3v) is 2.09. The molecule has 0 aliphatic heterocycles. The second-order valence-electron chi connectivity index (χ2n) is 4.55. The molecule has 0 rings (SSSR count). The molecule has 0 saturated heterocycles. The summed E-state index contributed by atoms with van der Waals surface area (Å²) in [6.45, 7) is 6.46. The van der Waals surface area contributed by atoms with E-state index in [2.05, 4.69) is 6.92 Å². The molecule has 0 heterocycles. The van der Waals surface area contributed by atoms with Gasteiger partial charge >= 0.3 is 11.9 Å². The van der Waals surface area contributed by atoms with Crippen LogP contribution in [0.15, 0.2) is 0 Å². The maximum absolute atomic E-state index is 9.60. The van der Waals surface area contributed by atoms with Crippen molar-refractivity contribution in [2.45, 2.75) is 65.4 Å². The fourth-order valence-electron chi connectivity index (χ4n) is 0.946. The molecule has 0 aromatic heterocycles. The van der Waals surface area contributed by atoms with Gasteiger partial charge in [0.25, 0.3) is 0 Å². The number of unbranched alkanes of at least 4 members (excludes halogenated alkanes) is 1. The van der Waals surface area contributed by atoms with Gasteiger partial charge in [0.2, 0.25) is 0 Å². The maximum Gasteiger partial charge on any atom is 0.303 e. The lowest BCUT2D eigenvalue weighted by molar-refractivity contribution is -0.138. The van der Waals surface area contributed by atoms with Crippen LogP contribution in [-0.2, 0) is 14.3 Å². The van der Waals surface area contributed by atoms with Crippen molar-refractivity contribution in [2.75, 3.05) is 19.8 Å². The molecule has 0 aromatic rings. The van der Waals surface area contributed by atoms with E-state index in [4.69, 9.17) is 25.2 Å². The molecule has 134 valence electrons. The van der Waals surface area contributed by atoms with Crippen LogP contribution in [0.2, 0.25) is 0 Å². The summed E-state index contributed by atoms with van der Waals surface area (Å²) < 4.78 is 5.02. The Labute approximate surface area is 132 Å². The quantitative estimate of drug-likeness (QED) is 0.452. The lowest BCUT2D eigenvalue weighted by atomic mass is 10.3. The first-order valence-electron chi connectivity index (χ1n) is 7.65. The Kier molecular flexibility index (Phi) is 25.9. The van der Waals surface area contributed by atoms with Gasteiger partial charge in [0.1, 0.15) is 6.10 Å². The van der Waals surface area contributed by atoms with E-state index in [1.807, 2.05) is 13.8 Å². The zero-order valence-electron chi connectivity index (χ0n) is 14.0. The Hall–Kier alpha value is -1.18. The summed E-state index contributed by atoms with van der Waals surface area (Å²) in [5.41, 5.74) is 0. The van der Waals surface area contributed by atoms with Crippen LogP contribution in [0.25, 0.3) is 0 Å². The molecule has 0 spiro atoms. The molecular formula is C15H32O7. The van der Waals surface area contributed by atoms with Gasteiger partial charge in [-0.1, -0.05) is 27.2 Å². The summed E-state index contributed by atoms with van der Waals surface area (Å²) >= 11 is 0. The lowest BCUT2D eigenvalue weighted by Crippen LogP contribution is -2.19. The van der Waals surface area contributed by atoms with Gasteiger partial charge in [-0.2, -0.15) is 0 Å². The monoisotopic (exact) mass is 324 g/mol. The lowest BCUT2D eigenvalue weighted by Gasteiger charge is -2.06. The van der Waals surface area contributed by atoms with Crippen LogP contribution in [-0.4, -0.2) is 58.3 Å². The van der Waals surface area contributed by atoms with Crippen molar-refractivity contribution in [1.82, 2.24) is 0 Å². The van der Waals surface area contributed by atoms with Gasteiger partial charge in [-0.25, -0.2) is 0 Å². The molecular weight excluding hydrogens is 292 g/mol. The maximum atomic E-state index is 9.60. The van der Waals surface area contributed by atoms with E-state index in [0.29, 0.717) is 19.4 Å². The number of aliphatic hydroxyl groups is 2. The molecule has 0 saturated carbocycles. The van der Waals surface area contributed by atoms with Crippen LogP contribution in [0.5, 0.6) is 0 Å². The molecule has 0 radical (unpaired) electrons. The zero-order valence-corrected chi connectivity index (χ0v) is 14.0. The molecule has 22 heavy (non-hydrogen) atoms. The third kappa shape index (κ3) is 36.4. The van der Waals surface area contributed by atoms with E-state index in [0.717, 1.165) is 25.7 Å². The van der Waals surface area contributed by atoms with E-state index < -0.39 is 18.0 Å². The van der Waals surface area contributed by atoms with Crippen LogP contribution in [0.4, 0.5) is 0 Å². The third-order valence-electron chi connectivity index (χ3n) is 2.09. The van der Waals surface area contributed by atoms with Gasteiger partial charge in [0.05, 0.1) is 13.2 Å². The summed E-state index contributed by atoms with van der Waals surface area (Å²) in [5, 5.41) is 33.0. The molecule has 0 aromatic carbocycles. The Morgan fingerprint density at radius 1 is 0.955 bits per heavy atom. The van der Waals surface area contributed by atoms with Crippen molar-refractivity contribution in [1.29, 1.82) is 0 Å². The summed E-state index contributed by atoms with van der Waals surface area (Å²) in [5.74, 6) is -1.42. The Morgan fingerprint density at radius 3 is 1.64 bits per heavy atom. The first-order chi connectivity index (χ1) is 10.3. The summed E-state index contributed by atoms with van der Waals surface area (Å²) in [7, 11) is 0. The van der Waals surface area contributed by atoms with Gasteiger partial charge in [0, 0.05) is 19.4 Å². The van der Waals surface area contributed by atoms with Crippen LogP contribution >= 0.6 is 0 Å². The van der Waals surface area contributed by atoms with Crippen molar-refractivity contribution < 1.29 is 34.8 Å². The number of ether oxygens (including phenoxy) is 1. The minimum absolute atomic E-state index is 0.216. The van der Waals surface area contributed by atoms with Crippen LogP contribution in [0.3, 0.4) is 0 Å². The van der Waals surface area contributed by atoms with Gasteiger partial charge in [0.15, 0.2) is 0 Å². The molecule has 1 atom stereocenters. The van der Waals surface area contributed by atoms with Crippen LogP contribution < -0.4 is 0 Å². The van der Waals surface area contributed by atoms with E-state index in [1.54, 1.807) is 0 Å². The highest BCUT2D eigenvalue weighted by Crippen LogP contribution is 1.89. The van der Waals surface area contributed by atoms with Gasteiger partial charge in [-0.15, -0.1) is 0 Å². The topological polar surface area (TPSA) is 124 Å². The molecule has 1 unspecified atom stereocenters. The molecule has 0 aliphatic rings. The van der Waals surface area contributed by atoms with Gasteiger partial charge in [-0.05, 0) is 19.3 Å². The Balaban J connectivity index is -0.000000261. The summed E-state index contributed by atoms with van der Waals surface area (Å²) in [6, 6.07) is 0. The van der Waals surface area contributed by atoms with Crippen LogP contribution in [0.1, 0.15) is 59.3 Å². The smallest absolute Gasteiger partial charge is 0.303 e. The van der Waals surface area contributed by atoms with Crippen molar-refractivity contribution >= 4 is 11.9 Å². The average Bonchev–Trinajstić information content (AvgIpc) is 2.44. The van der Waals surface area contributed by atoms with E-state index in [-0.39, 0.29) is 13.2 Å². The fourth-order valence-corrected chi connectivity index (χ4v) is 0.946. The zero-order chi connectivity index (χ0) is 17.8. The van der Waals surface area contributed by atoms with E-state index in [9.17, 15) is 9.59 Å². The molecule has 0 fully saturated rings. The van der Waals surface area contributed by atoms with Crippen molar-refractivity contribution in [3.63, 3.8) is 0 Å². The Morgan fingerprint density at radius 2 is 1.41 bits per heavy atom. The predicted molar refractivity (Wildman–Crippen MR) is 83.9 cm³/mol. The minimum Gasteiger partial charge on any atom is -0.481 e. The Bertz CT molecular complexity index is 228. The second-order valence-corrected chi connectivity index (χ2v) is 4.55. The number of carboxylic acid groups (broad SMARTS) is 2. The van der Waals surface area contributed by atoms with E-state index >= 15 is 0 Å². The van der Waals surface area contributed by atoms with Gasteiger partial charge < -0.3 is 25.2 Å².